The molecule has 1 fully saturated rings. The Morgan fingerprint density at radius 2 is 2.21 bits per heavy atom. The van der Waals surface area contributed by atoms with Crippen molar-refractivity contribution in [3.8, 4) is 0 Å². The first-order chi connectivity index (χ1) is 11.3. The molecule has 0 aromatic carbocycles. The van der Waals surface area contributed by atoms with E-state index in [1.165, 1.54) is 37.1 Å². The van der Waals surface area contributed by atoms with Gasteiger partial charge < -0.3 is 15.5 Å². The fourth-order valence-corrected chi connectivity index (χ4v) is 4.17. The standard InChI is InChI=1S/C18H28N4S.HI/c1-19-18(20-11-8-15-5-2-3-6-15)21-16-9-12-22(13-10-16)17-7-4-14-23-17;/h4-5,7,14,16H,2-3,6,8-13H2,1H3,(H2,19,20,21);1H. The van der Waals surface area contributed by atoms with Gasteiger partial charge in [0.1, 0.15) is 0 Å². The predicted octanol–water partition coefficient (Wildman–Crippen LogP) is 4.00. The summed E-state index contributed by atoms with van der Waals surface area (Å²) < 4.78 is 0. The molecule has 134 valence electrons. The SMILES string of the molecule is CN=C(NCCC1=CCCC1)NC1CCN(c2cccs2)CC1.I. The average molecular weight is 460 g/mol. The summed E-state index contributed by atoms with van der Waals surface area (Å²) in [6.45, 7) is 3.24. The summed E-state index contributed by atoms with van der Waals surface area (Å²) in [4.78, 5) is 6.87. The molecule has 1 saturated heterocycles. The van der Waals surface area contributed by atoms with Crippen LogP contribution in [-0.4, -0.2) is 38.7 Å². The molecule has 24 heavy (non-hydrogen) atoms. The predicted molar refractivity (Wildman–Crippen MR) is 116 cm³/mol. The lowest BCUT2D eigenvalue weighted by molar-refractivity contribution is 0.463. The van der Waals surface area contributed by atoms with Gasteiger partial charge in [-0.2, -0.15) is 0 Å². The molecule has 2 aliphatic rings. The minimum Gasteiger partial charge on any atom is -0.363 e. The second-order valence-corrected chi connectivity index (χ2v) is 7.29. The van der Waals surface area contributed by atoms with Gasteiger partial charge in [-0.25, -0.2) is 0 Å². The number of hydrogen-bond donors (Lipinski definition) is 2. The maximum atomic E-state index is 4.38. The van der Waals surface area contributed by atoms with Crippen LogP contribution in [0.25, 0.3) is 0 Å². The maximum Gasteiger partial charge on any atom is 0.191 e. The first-order valence-corrected chi connectivity index (χ1v) is 9.66. The molecule has 0 bridgehead atoms. The van der Waals surface area contributed by atoms with Gasteiger partial charge in [-0.05, 0) is 56.0 Å². The highest BCUT2D eigenvalue weighted by Gasteiger charge is 2.20. The topological polar surface area (TPSA) is 39.7 Å². The smallest absolute Gasteiger partial charge is 0.191 e. The molecule has 0 radical (unpaired) electrons. The largest absolute Gasteiger partial charge is 0.363 e. The van der Waals surface area contributed by atoms with Crippen molar-refractivity contribution in [1.82, 2.24) is 10.6 Å². The third-order valence-electron chi connectivity index (χ3n) is 4.75. The number of nitrogens with zero attached hydrogens (tertiary/aromatic N) is 2. The van der Waals surface area contributed by atoms with Crippen molar-refractivity contribution in [2.75, 3.05) is 31.6 Å². The Labute approximate surface area is 166 Å². The van der Waals surface area contributed by atoms with Crippen LogP contribution < -0.4 is 15.5 Å². The number of piperidine rings is 1. The van der Waals surface area contributed by atoms with Crippen molar-refractivity contribution >= 4 is 46.3 Å². The minimum absolute atomic E-state index is 0. The Hall–Kier alpha value is -0.760. The van der Waals surface area contributed by atoms with Gasteiger partial charge in [0.05, 0.1) is 5.00 Å². The molecule has 1 aliphatic carbocycles. The van der Waals surface area contributed by atoms with E-state index >= 15 is 0 Å². The zero-order valence-corrected chi connectivity index (χ0v) is 17.6. The molecule has 0 saturated carbocycles. The van der Waals surface area contributed by atoms with Crippen LogP contribution >= 0.6 is 35.3 Å². The fourth-order valence-electron chi connectivity index (χ4n) is 3.39. The van der Waals surface area contributed by atoms with E-state index in [1.54, 1.807) is 5.57 Å². The van der Waals surface area contributed by atoms with Gasteiger partial charge >= 0.3 is 0 Å². The van der Waals surface area contributed by atoms with Crippen molar-refractivity contribution in [2.45, 2.75) is 44.6 Å². The van der Waals surface area contributed by atoms with Crippen molar-refractivity contribution in [3.63, 3.8) is 0 Å². The summed E-state index contributed by atoms with van der Waals surface area (Å²) in [5, 5.41) is 10.6. The summed E-state index contributed by atoms with van der Waals surface area (Å²) in [5.74, 6) is 0.957. The second-order valence-electron chi connectivity index (χ2n) is 6.36. The summed E-state index contributed by atoms with van der Waals surface area (Å²) in [6.07, 6.45) is 9.79. The number of aliphatic imine (C=N–C) groups is 1. The number of thiophene rings is 1. The van der Waals surface area contributed by atoms with E-state index in [1.807, 2.05) is 18.4 Å². The van der Waals surface area contributed by atoms with Gasteiger partial charge in [0.2, 0.25) is 0 Å². The third-order valence-corrected chi connectivity index (χ3v) is 5.68. The maximum absolute atomic E-state index is 4.38. The lowest BCUT2D eigenvalue weighted by atomic mass is 10.1. The average Bonchev–Trinajstić information content (AvgIpc) is 3.28. The Kier molecular flexibility index (Phi) is 8.38. The zero-order chi connectivity index (χ0) is 15.9. The highest BCUT2D eigenvalue weighted by atomic mass is 127. The lowest BCUT2D eigenvalue weighted by Gasteiger charge is -2.33. The van der Waals surface area contributed by atoms with Crippen molar-refractivity contribution in [3.05, 3.63) is 29.2 Å². The van der Waals surface area contributed by atoms with Gasteiger partial charge in [-0.1, -0.05) is 11.6 Å². The molecule has 2 heterocycles. The Balaban J connectivity index is 0.00000208. The summed E-state index contributed by atoms with van der Waals surface area (Å²) >= 11 is 1.84. The first-order valence-electron chi connectivity index (χ1n) is 8.78. The Morgan fingerprint density at radius 1 is 1.38 bits per heavy atom. The second kappa shape index (κ2) is 10.3. The number of hydrogen-bond acceptors (Lipinski definition) is 3. The molecule has 2 N–H and O–H groups in total. The fraction of sp³-hybridized carbons (Fsp3) is 0.611. The Bertz CT molecular complexity index is 533. The van der Waals surface area contributed by atoms with Gasteiger partial charge in [0, 0.05) is 32.7 Å². The van der Waals surface area contributed by atoms with Gasteiger partial charge in [-0.15, -0.1) is 35.3 Å². The van der Waals surface area contributed by atoms with Crippen LogP contribution in [0.1, 0.15) is 38.5 Å². The summed E-state index contributed by atoms with van der Waals surface area (Å²) in [6, 6.07) is 4.88. The highest BCUT2D eigenvalue weighted by Crippen LogP contribution is 2.24. The molecule has 4 nitrogen and oxygen atoms in total. The van der Waals surface area contributed by atoms with Crippen molar-refractivity contribution < 1.29 is 0 Å². The molecule has 1 aliphatic heterocycles. The number of nitrogens with one attached hydrogen (secondary N) is 2. The van der Waals surface area contributed by atoms with Crippen LogP contribution in [0.15, 0.2) is 34.2 Å². The van der Waals surface area contributed by atoms with Gasteiger partial charge in [-0.3, -0.25) is 4.99 Å². The van der Waals surface area contributed by atoms with Crippen LogP contribution in [0.4, 0.5) is 5.00 Å². The van der Waals surface area contributed by atoms with Crippen LogP contribution in [0, 0.1) is 0 Å². The van der Waals surface area contributed by atoms with Crippen LogP contribution in [0.2, 0.25) is 0 Å². The van der Waals surface area contributed by atoms with Gasteiger partial charge in [0.25, 0.3) is 0 Å². The number of allylic oxidation sites excluding steroid dienone is 1. The van der Waals surface area contributed by atoms with E-state index in [4.69, 9.17) is 0 Å². The number of anilines is 1. The first kappa shape index (κ1) is 19.6. The van der Waals surface area contributed by atoms with Crippen LogP contribution in [0.5, 0.6) is 0 Å². The van der Waals surface area contributed by atoms with E-state index in [0.717, 1.165) is 32.0 Å². The number of guanidine groups is 1. The summed E-state index contributed by atoms with van der Waals surface area (Å²) in [7, 11) is 1.87. The van der Waals surface area contributed by atoms with Crippen molar-refractivity contribution in [1.29, 1.82) is 0 Å². The molecular formula is C18H29IN4S. The van der Waals surface area contributed by atoms with E-state index in [9.17, 15) is 0 Å². The molecule has 1 aromatic rings. The molecular weight excluding hydrogens is 431 g/mol. The van der Waals surface area contributed by atoms with E-state index in [-0.39, 0.29) is 24.0 Å². The molecule has 0 amide bonds. The van der Waals surface area contributed by atoms with E-state index in [2.05, 4.69) is 44.1 Å². The Morgan fingerprint density at radius 3 is 2.83 bits per heavy atom. The summed E-state index contributed by atoms with van der Waals surface area (Å²) in [5.41, 5.74) is 1.61. The number of rotatable bonds is 5. The highest BCUT2D eigenvalue weighted by molar-refractivity contribution is 14.0. The zero-order valence-electron chi connectivity index (χ0n) is 14.5. The van der Waals surface area contributed by atoms with E-state index < -0.39 is 0 Å². The van der Waals surface area contributed by atoms with Crippen molar-refractivity contribution in [2.24, 2.45) is 4.99 Å². The van der Waals surface area contributed by atoms with Crippen LogP contribution in [-0.2, 0) is 0 Å². The van der Waals surface area contributed by atoms with Gasteiger partial charge in [0.15, 0.2) is 5.96 Å². The molecule has 0 atom stereocenters. The normalized spacial score (nSPS) is 19.0. The van der Waals surface area contributed by atoms with Crippen LogP contribution in [0.3, 0.4) is 0 Å². The minimum atomic E-state index is 0. The van der Waals surface area contributed by atoms with E-state index in [0.29, 0.717) is 6.04 Å². The molecule has 0 spiro atoms. The quantitative estimate of drug-likeness (QED) is 0.302. The lowest BCUT2D eigenvalue weighted by Crippen LogP contribution is -2.48. The molecule has 6 heteroatoms. The molecule has 0 unspecified atom stereocenters. The number of halogens is 1. The molecule has 1 aromatic heterocycles. The third kappa shape index (κ3) is 5.65. The monoisotopic (exact) mass is 460 g/mol. The molecule has 3 rings (SSSR count).